The van der Waals surface area contributed by atoms with Gasteiger partial charge in [-0.1, -0.05) is 6.92 Å². The molecular weight excluding hydrogens is 264 g/mol. The Morgan fingerprint density at radius 3 is 2.35 bits per heavy atom. The van der Waals surface area contributed by atoms with Gasteiger partial charge in [-0.05, 0) is 12.8 Å². The first kappa shape index (κ1) is 16.1. The van der Waals surface area contributed by atoms with Gasteiger partial charge < -0.3 is 28.8 Å². The Labute approximate surface area is 120 Å². The summed E-state index contributed by atoms with van der Waals surface area (Å²) >= 11 is 0. The molecule has 6 nitrogen and oxygen atoms in total. The predicted molar refractivity (Wildman–Crippen MR) is 71.8 cm³/mol. The summed E-state index contributed by atoms with van der Waals surface area (Å²) < 4.78 is 27.6. The number of aliphatic hydroxyl groups excluding tert-OH is 1. The molecule has 1 N–H and O–H groups in total. The maximum Gasteiger partial charge on any atom is 0.114 e. The highest BCUT2D eigenvalue weighted by atomic mass is 16.6. The van der Waals surface area contributed by atoms with Gasteiger partial charge in [0.05, 0.1) is 39.6 Å². The van der Waals surface area contributed by atoms with Crippen LogP contribution in [0.5, 0.6) is 0 Å². The molecule has 2 fully saturated rings. The first-order valence-electron chi connectivity index (χ1n) is 7.41. The summed E-state index contributed by atoms with van der Waals surface area (Å²) in [6, 6.07) is 0. The second-order valence-electron chi connectivity index (χ2n) is 5.40. The van der Waals surface area contributed by atoms with Gasteiger partial charge in [0, 0.05) is 13.2 Å². The fourth-order valence-electron chi connectivity index (χ4n) is 1.83. The SMILES string of the molecule is CCC(COCCCO)(COCC1CO1)OCC1CO1. The van der Waals surface area contributed by atoms with Crippen molar-refractivity contribution >= 4 is 0 Å². The van der Waals surface area contributed by atoms with E-state index in [4.69, 9.17) is 28.8 Å². The Balaban J connectivity index is 1.73. The molecule has 0 aliphatic carbocycles. The lowest BCUT2D eigenvalue weighted by atomic mass is 10.0. The van der Waals surface area contributed by atoms with Crippen molar-refractivity contribution < 1.29 is 28.8 Å². The molecular formula is C14H26O6. The van der Waals surface area contributed by atoms with E-state index in [1.165, 1.54) is 0 Å². The van der Waals surface area contributed by atoms with Crippen molar-refractivity contribution in [3.05, 3.63) is 0 Å². The molecule has 0 bridgehead atoms. The van der Waals surface area contributed by atoms with Gasteiger partial charge >= 0.3 is 0 Å². The third-order valence-electron chi connectivity index (χ3n) is 3.51. The highest BCUT2D eigenvalue weighted by molar-refractivity contribution is 4.82. The quantitative estimate of drug-likeness (QED) is 0.390. The van der Waals surface area contributed by atoms with Crippen LogP contribution in [-0.2, 0) is 23.7 Å². The summed E-state index contributed by atoms with van der Waals surface area (Å²) in [5.41, 5.74) is -0.434. The topological polar surface area (TPSA) is 73.0 Å². The summed E-state index contributed by atoms with van der Waals surface area (Å²) in [6.07, 6.45) is 1.93. The molecule has 3 atom stereocenters. The van der Waals surface area contributed by atoms with E-state index in [0.717, 1.165) is 19.6 Å². The van der Waals surface area contributed by atoms with Gasteiger partial charge in [-0.2, -0.15) is 0 Å². The molecule has 2 heterocycles. The van der Waals surface area contributed by atoms with Gasteiger partial charge in [0.15, 0.2) is 0 Å². The number of aliphatic hydroxyl groups is 1. The molecule has 118 valence electrons. The molecule has 2 aliphatic rings. The molecule has 2 saturated heterocycles. The minimum atomic E-state index is -0.434. The molecule has 0 saturated carbocycles. The molecule has 0 aromatic carbocycles. The monoisotopic (exact) mass is 290 g/mol. The smallest absolute Gasteiger partial charge is 0.114 e. The third-order valence-corrected chi connectivity index (χ3v) is 3.51. The zero-order valence-electron chi connectivity index (χ0n) is 12.2. The summed E-state index contributed by atoms with van der Waals surface area (Å²) in [6.45, 7) is 6.49. The van der Waals surface area contributed by atoms with Crippen LogP contribution in [-0.4, -0.2) is 75.8 Å². The van der Waals surface area contributed by atoms with Crippen LogP contribution in [0.1, 0.15) is 19.8 Å². The Morgan fingerprint density at radius 2 is 1.75 bits per heavy atom. The first-order chi connectivity index (χ1) is 9.78. The van der Waals surface area contributed by atoms with Gasteiger partial charge in [-0.3, -0.25) is 0 Å². The molecule has 2 rings (SSSR count). The van der Waals surface area contributed by atoms with E-state index in [1.807, 2.05) is 0 Å². The second kappa shape index (κ2) is 8.26. The Kier molecular flexibility index (Phi) is 6.67. The van der Waals surface area contributed by atoms with Crippen molar-refractivity contribution in [3.63, 3.8) is 0 Å². The molecule has 6 heteroatoms. The Hall–Kier alpha value is -0.240. The van der Waals surface area contributed by atoms with Crippen LogP contribution in [0.25, 0.3) is 0 Å². The highest BCUT2D eigenvalue weighted by Gasteiger charge is 2.35. The van der Waals surface area contributed by atoms with Crippen molar-refractivity contribution in [2.24, 2.45) is 0 Å². The van der Waals surface area contributed by atoms with Crippen LogP contribution in [0.3, 0.4) is 0 Å². The van der Waals surface area contributed by atoms with Gasteiger partial charge in [-0.15, -0.1) is 0 Å². The average molecular weight is 290 g/mol. The number of hydrogen-bond acceptors (Lipinski definition) is 6. The van der Waals surface area contributed by atoms with Crippen molar-refractivity contribution in [3.8, 4) is 0 Å². The Morgan fingerprint density at radius 1 is 1.10 bits per heavy atom. The third kappa shape index (κ3) is 6.03. The van der Waals surface area contributed by atoms with Crippen LogP contribution in [0, 0.1) is 0 Å². The number of rotatable bonds is 13. The molecule has 0 aromatic rings. The summed E-state index contributed by atoms with van der Waals surface area (Å²) in [5.74, 6) is 0. The van der Waals surface area contributed by atoms with Gasteiger partial charge in [0.25, 0.3) is 0 Å². The zero-order valence-corrected chi connectivity index (χ0v) is 12.2. The van der Waals surface area contributed by atoms with Crippen LogP contribution in [0.15, 0.2) is 0 Å². The zero-order chi connectivity index (χ0) is 14.3. The average Bonchev–Trinajstić information content (AvgIpc) is 3.34. The van der Waals surface area contributed by atoms with Gasteiger partial charge in [0.1, 0.15) is 17.8 Å². The van der Waals surface area contributed by atoms with Crippen LogP contribution in [0.2, 0.25) is 0 Å². The normalized spacial score (nSPS) is 27.3. The number of epoxide rings is 2. The minimum absolute atomic E-state index is 0.144. The minimum Gasteiger partial charge on any atom is -0.396 e. The van der Waals surface area contributed by atoms with E-state index in [0.29, 0.717) is 39.5 Å². The largest absolute Gasteiger partial charge is 0.396 e. The fourth-order valence-corrected chi connectivity index (χ4v) is 1.83. The van der Waals surface area contributed by atoms with Crippen molar-refractivity contribution in [2.75, 3.05) is 52.9 Å². The van der Waals surface area contributed by atoms with Crippen LogP contribution >= 0.6 is 0 Å². The molecule has 0 spiro atoms. The van der Waals surface area contributed by atoms with Crippen LogP contribution < -0.4 is 0 Å². The van der Waals surface area contributed by atoms with E-state index < -0.39 is 5.60 Å². The van der Waals surface area contributed by atoms with E-state index in [-0.39, 0.29) is 18.8 Å². The van der Waals surface area contributed by atoms with E-state index >= 15 is 0 Å². The summed E-state index contributed by atoms with van der Waals surface area (Å²) in [5, 5.41) is 8.78. The van der Waals surface area contributed by atoms with Crippen LogP contribution in [0.4, 0.5) is 0 Å². The lowest BCUT2D eigenvalue weighted by Crippen LogP contribution is -2.43. The van der Waals surface area contributed by atoms with Gasteiger partial charge in [-0.25, -0.2) is 0 Å². The lowest BCUT2D eigenvalue weighted by Gasteiger charge is -2.32. The lowest BCUT2D eigenvalue weighted by molar-refractivity contribution is -0.141. The van der Waals surface area contributed by atoms with E-state index in [1.54, 1.807) is 0 Å². The highest BCUT2D eigenvalue weighted by Crippen LogP contribution is 2.22. The fraction of sp³-hybridized carbons (Fsp3) is 1.00. The molecule has 2 aliphatic heterocycles. The molecule has 0 radical (unpaired) electrons. The predicted octanol–water partition coefficient (Wildman–Crippen LogP) is 0.365. The maximum absolute atomic E-state index is 8.78. The van der Waals surface area contributed by atoms with Gasteiger partial charge in [0.2, 0.25) is 0 Å². The Bertz CT molecular complexity index is 266. The molecule has 0 amide bonds. The second-order valence-corrected chi connectivity index (χ2v) is 5.40. The number of hydrogen-bond donors (Lipinski definition) is 1. The van der Waals surface area contributed by atoms with Crippen molar-refractivity contribution in [2.45, 2.75) is 37.6 Å². The number of ether oxygens (including phenoxy) is 5. The molecule has 0 aromatic heterocycles. The maximum atomic E-state index is 8.78. The van der Waals surface area contributed by atoms with E-state index in [2.05, 4.69) is 6.92 Å². The standard InChI is InChI=1S/C14H26O6/c1-2-14(10-16-5-3-4-15,20-9-13-8-19-13)11-17-6-12-7-18-12/h12-13,15H,2-11H2,1H3. The summed E-state index contributed by atoms with van der Waals surface area (Å²) in [7, 11) is 0. The van der Waals surface area contributed by atoms with E-state index in [9.17, 15) is 0 Å². The molecule has 3 unspecified atom stereocenters. The summed E-state index contributed by atoms with van der Waals surface area (Å²) in [4.78, 5) is 0. The first-order valence-corrected chi connectivity index (χ1v) is 7.41. The molecule has 20 heavy (non-hydrogen) atoms. The van der Waals surface area contributed by atoms with Crippen molar-refractivity contribution in [1.29, 1.82) is 0 Å². The van der Waals surface area contributed by atoms with Crippen molar-refractivity contribution in [1.82, 2.24) is 0 Å².